The van der Waals surface area contributed by atoms with E-state index in [0.717, 1.165) is 6.07 Å². The molecule has 7 heteroatoms. The first kappa shape index (κ1) is 17.9. The van der Waals surface area contributed by atoms with E-state index in [0.29, 0.717) is 0 Å². The summed E-state index contributed by atoms with van der Waals surface area (Å²) in [5.74, 6) is -1.82. The molecule has 0 aliphatic rings. The number of nitrogens with one attached hydrogen (secondary N) is 1. The molecule has 1 aromatic rings. The highest BCUT2D eigenvalue weighted by Gasteiger charge is 2.31. The van der Waals surface area contributed by atoms with Crippen molar-refractivity contribution in [3.05, 3.63) is 30.1 Å². The average molecular weight is 313 g/mol. The van der Waals surface area contributed by atoms with Crippen LogP contribution in [0.2, 0.25) is 0 Å². The maximum Gasteiger partial charge on any atom is 0.305 e. The van der Waals surface area contributed by atoms with E-state index in [1.54, 1.807) is 6.92 Å². The average Bonchev–Trinajstić information content (AvgIpc) is 2.37. The number of methoxy groups -OCH3 is 1. The van der Waals surface area contributed by atoms with Gasteiger partial charge in [-0.15, -0.1) is 0 Å². The lowest BCUT2D eigenvalue weighted by Gasteiger charge is -2.29. The fraction of sp³-hybridized carbons (Fsp3) is 0.467. The summed E-state index contributed by atoms with van der Waals surface area (Å²) < 4.78 is 23.4. The van der Waals surface area contributed by atoms with Crippen molar-refractivity contribution in [2.75, 3.05) is 13.7 Å². The molecule has 1 aromatic carbocycles. The van der Waals surface area contributed by atoms with Gasteiger partial charge < -0.3 is 19.9 Å². The van der Waals surface area contributed by atoms with Crippen LogP contribution in [0.5, 0.6) is 5.75 Å². The lowest BCUT2D eigenvalue weighted by atomic mass is 9.98. The van der Waals surface area contributed by atoms with Crippen LogP contribution in [0.4, 0.5) is 4.39 Å². The number of rotatable bonds is 8. The molecule has 0 aliphatic heterocycles. The highest BCUT2D eigenvalue weighted by Crippen LogP contribution is 2.15. The van der Waals surface area contributed by atoms with Crippen LogP contribution in [-0.2, 0) is 14.3 Å². The third-order valence-electron chi connectivity index (χ3n) is 2.91. The maximum absolute atomic E-state index is 13.1. The highest BCUT2D eigenvalue weighted by atomic mass is 19.1. The van der Waals surface area contributed by atoms with E-state index in [9.17, 15) is 14.0 Å². The molecule has 1 rings (SSSR count). The van der Waals surface area contributed by atoms with Crippen molar-refractivity contribution < 1.29 is 28.6 Å². The van der Waals surface area contributed by atoms with Crippen molar-refractivity contribution >= 4 is 11.9 Å². The number of carbonyl (C=O) groups excluding carboxylic acids is 1. The molecule has 0 aliphatic carbocycles. The summed E-state index contributed by atoms with van der Waals surface area (Å²) in [6.45, 7) is 3.10. The van der Waals surface area contributed by atoms with Gasteiger partial charge in [0.2, 0.25) is 0 Å². The summed E-state index contributed by atoms with van der Waals surface area (Å²) in [4.78, 5) is 23.0. The van der Waals surface area contributed by atoms with Crippen LogP contribution in [-0.4, -0.2) is 42.3 Å². The zero-order chi connectivity index (χ0) is 16.8. The molecule has 0 fully saturated rings. The van der Waals surface area contributed by atoms with Crippen LogP contribution >= 0.6 is 0 Å². The summed E-state index contributed by atoms with van der Waals surface area (Å²) in [5, 5.41) is 11.5. The first-order chi connectivity index (χ1) is 10.3. The molecule has 0 bridgehead atoms. The number of amides is 1. The predicted molar refractivity (Wildman–Crippen MR) is 77.2 cm³/mol. The van der Waals surface area contributed by atoms with Crippen LogP contribution in [0.1, 0.15) is 20.3 Å². The van der Waals surface area contributed by atoms with Crippen LogP contribution in [0.15, 0.2) is 24.3 Å². The Bertz CT molecular complexity index is 536. The van der Waals surface area contributed by atoms with Gasteiger partial charge in [-0.1, -0.05) is 6.07 Å². The number of aliphatic carboxylic acids is 1. The number of benzene rings is 1. The van der Waals surface area contributed by atoms with Crippen molar-refractivity contribution in [1.82, 2.24) is 5.32 Å². The number of halogens is 1. The minimum atomic E-state index is -1.06. The normalized spacial score (nSPS) is 14.7. The summed E-state index contributed by atoms with van der Waals surface area (Å²) in [6.07, 6.45) is -1.20. The molecule has 22 heavy (non-hydrogen) atoms. The van der Waals surface area contributed by atoms with E-state index >= 15 is 0 Å². The second-order valence-corrected chi connectivity index (χ2v) is 5.27. The van der Waals surface area contributed by atoms with Gasteiger partial charge in [-0.3, -0.25) is 9.59 Å². The second-order valence-electron chi connectivity index (χ2n) is 5.27. The molecule has 0 aromatic heterocycles. The van der Waals surface area contributed by atoms with Crippen molar-refractivity contribution in [3.63, 3.8) is 0 Å². The quantitative estimate of drug-likeness (QED) is 0.761. The van der Waals surface area contributed by atoms with Crippen molar-refractivity contribution in [2.24, 2.45) is 0 Å². The summed E-state index contributed by atoms with van der Waals surface area (Å²) in [5.41, 5.74) is -1.06. The molecule has 2 unspecified atom stereocenters. The van der Waals surface area contributed by atoms with Gasteiger partial charge in [0, 0.05) is 13.2 Å². The molecule has 0 radical (unpaired) electrons. The second kappa shape index (κ2) is 7.74. The Morgan fingerprint density at radius 3 is 2.68 bits per heavy atom. The predicted octanol–water partition coefficient (Wildman–Crippen LogP) is 1.59. The van der Waals surface area contributed by atoms with Crippen molar-refractivity contribution in [3.8, 4) is 5.75 Å². The molecule has 0 heterocycles. The zero-order valence-electron chi connectivity index (χ0n) is 12.8. The Morgan fingerprint density at radius 2 is 2.14 bits per heavy atom. The molecule has 122 valence electrons. The third-order valence-corrected chi connectivity index (χ3v) is 2.91. The third kappa shape index (κ3) is 5.69. The van der Waals surface area contributed by atoms with Crippen molar-refractivity contribution in [1.29, 1.82) is 0 Å². The number of hydrogen-bond acceptors (Lipinski definition) is 4. The topological polar surface area (TPSA) is 84.9 Å². The Balaban J connectivity index is 2.70. The Morgan fingerprint density at radius 1 is 1.45 bits per heavy atom. The Hall–Kier alpha value is -2.15. The van der Waals surface area contributed by atoms with Crippen LogP contribution < -0.4 is 10.1 Å². The number of carbonyl (C=O) groups is 2. The molecule has 6 nitrogen and oxygen atoms in total. The van der Waals surface area contributed by atoms with Crippen LogP contribution in [0, 0.1) is 5.82 Å². The monoisotopic (exact) mass is 313 g/mol. The first-order valence-corrected chi connectivity index (χ1v) is 6.71. The summed E-state index contributed by atoms with van der Waals surface area (Å²) in [7, 11) is 1.42. The fourth-order valence-corrected chi connectivity index (χ4v) is 1.98. The number of ether oxygens (including phenoxy) is 2. The standard InChI is InChI=1S/C15H20FNO5/c1-10(22-12-6-4-5-11(16)7-12)14(20)17-15(2,9-21-3)8-13(18)19/h4-7,10H,8-9H2,1-3H3,(H,17,20)(H,18,19). The zero-order valence-corrected chi connectivity index (χ0v) is 12.8. The number of carboxylic acid groups (broad SMARTS) is 1. The maximum atomic E-state index is 13.1. The van der Waals surface area contributed by atoms with Gasteiger partial charge in [0.05, 0.1) is 18.6 Å². The van der Waals surface area contributed by atoms with Gasteiger partial charge in [0.15, 0.2) is 6.10 Å². The Labute approximate surface area is 128 Å². The van der Waals surface area contributed by atoms with E-state index in [1.807, 2.05) is 0 Å². The fourth-order valence-electron chi connectivity index (χ4n) is 1.98. The molecular formula is C15H20FNO5. The van der Waals surface area contributed by atoms with E-state index in [1.165, 1.54) is 32.2 Å². The van der Waals surface area contributed by atoms with Gasteiger partial charge in [0.1, 0.15) is 11.6 Å². The number of hydrogen-bond donors (Lipinski definition) is 2. The van der Waals surface area contributed by atoms with Crippen molar-refractivity contribution in [2.45, 2.75) is 31.9 Å². The largest absolute Gasteiger partial charge is 0.481 e. The minimum Gasteiger partial charge on any atom is -0.481 e. The lowest BCUT2D eigenvalue weighted by Crippen LogP contribution is -2.54. The summed E-state index contributed by atoms with van der Waals surface area (Å²) in [6, 6.07) is 5.42. The van der Waals surface area contributed by atoms with Gasteiger partial charge in [-0.25, -0.2) is 4.39 Å². The van der Waals surface area contributed by atoms with E-state index < -0.39 is 29.3 Å². The van der Waals surface area contributed by atoms with Gasteiger partial charge in [0.25, 0.3) is 5.91 Å². The first-order valence-electron chi connectivity index (χ1n) is 6.71. The van der Waals surface area contributed by atoms with Gasteiger partial charge in [-0.05, 0) is 26.0 Å². The molecule has 2 atom stereocenters. The Kier molecular flexibility index (Phi) is 6.30. The summed E-state index contributed by atoms with van der Waals surface area (Å²) >= 11 is 0. The highest BCUT2D eigenvalue weighted by molar-refractivity contribution is 5.82. The minimum absolute atomic E-state index is 0.0394. The van der Waals surface area contributed by atoms with E-state index in [4.69, 9.17) is 14.6 Å². The lowest BCUT2D eigenvalue weighted by molar-refractivity contribution is -0.140. The molecule has 0 saturated heterocycles. The number of carboxylic acids is 1. The molecular weight excluding hydrogens is 293 g/mol. The van der Waals surface area contributed by atoms with Crippen LogP contribution in [0.3, 0.4) is 0 Å². The molecule has 2 N–H and O–H groups in total. The molecule has 0 spiro atoms. The van der Waals surface area contributed by atoms with Gasteiger partial charge in [-0.2, -0.15) is 0 Å². The SMILES string of the molecule is COCC(C)(CC(=O)O)NC(=O)C(C)Oc1cccc(F)c1. The molecule has 0 saturated carbocycles. The van der Waals surface area contributed by atoms with Gasteiger partial charge >= 0.3 is 5.97 Å². The van der Waals surface area contributed by atoms with E-state index in [-0.39, 0.29) is 18.8 Å². The van der Waals surface area contributed by atoms with E-state index in [2.05, 4.69) is 5.32 Å². The smallest absolute Gasteiger partial charge is 0.305 e. The van der Waals surface area contributed by atoms with Crippen LogP contribution in [0.25, 0.3) is 0 Å². The molecule has 1 amide bonds.